The number of anilines is 1. The number of benzene rings is 1. The Balaban J connectivity index is 0.00000220. The fourth-order valence-corrected chi connectivity index (χ4v) is 1.65. The third-order valence-electron chi connectivity index (χ3n) is 2.46. The summed E-state index contributed by atoms with van der Waals surface area (Å²) < 4.78 is 10.4. The molecule has 1 heterocycles. The smallest absolute Gasteiger partial charge is 0.262 e. The number of ether oxygens (including phenoxy) is 2. The molecule has 2 rings (SSSR count). The van der Waals surface area contributed by atoms with Gasteiger partial charge in [0, 0.05) is 6.20 Å². The van der Waals surface area contributed by atoms with Crippen molar-refractivity contribution in [2.45, 2.75) is 0 Å². The van der Waals surface area contributed by atoms with Crippen LogP contribution in [0.1, 0.15) is 0 Å². The predicted molar refractivity (Wildman–Crippen MR) is 83.6 cm³/mol. The van der Waals surface area contributed by atoms with E-state index in [4.69, 9.17) is 21.1 Å². The van der Waals surface area contributed by atoms with Crippen LogP contribution in [0, 0.1) is 0 Å². The summed E-state index contributed by atoms with van der Waals surface area (Å²) in [7, 11) is 1.58. The highest BCUT2D eigenvalue weighted by Gasteiger charge is 2.07. The van der Waals surface area contributed by atoms with Crippen LogP contribution >= 0.6 is 24.0 Å². The van der Waals surface area contributed by atoms with E-state index in [1.165, 1.54) is 0 Å². The zero-order valence-corrected chi connectivity index (χ0v) is 12.8. The van der Waals surface area contributed by atoms with Crippen molar-refractivity contribution in [2.75, 3.05) is 19.0 Å². The number of nitrogens with zero attached hydrogens (tertiary/aromatic N) is 1. The standard InChI is InChI=1S/C14H13ClN2O3.ClH/c1-19-10-4-6-11(7-5-10)20-9-13(18)17-12-3-2-8-16-14(12)15;/h2-8H,9H2,1H3,(H,17,18);1H. The number of aromatic nitrogens is 1. The Morgan fingerprint density at radius 2 is 1.90 bits per heavy atom. The van der Waals surface area contributed by atoms with E-state index in [-0.39, 0.29) is 30.1 Å². The van der Waals surface area contributed by atoms with Crippen LogP contribution in [0.3, 0.4) is 0 Å². The molecule has 0 aliphatic heterocycles. The Hall–Kier alpha value is -1.98. The molecule has 0 fully saturated rings. The molecule has 0 saturated carbocycles. The van der Waals surface area contributed by atoms with Gasteiger partial charge in [-0.15, -0.1) is 12.4 Å². The number of carbonyl (C=O) groups is 1. The molecule has 112 valence electrons. The summed E-state index contributed by atoms with van der Waals surface area (Å²) in [4.78, 5) is 15.6. The Bertz CT molecular complexity index is 591. The van der Waals surface area contributed by atoms with Crippen molar-refractivity contribution in [2.24, 2.45) is 0 Å². The molecule has 1 N–H and O–H groups in total. The maximum absolute atomic E-state index is 11.7. The van der Waals surface area contributed by atoms with Gasteiger partial charge in [0.25, 0.3) is 5.91 Å². The summed E-state index contributed by atoms with van der Waals surface area (Å²) >= 11 is 5.84. The van der Waals surface area contributed by atoms with Crippen molar-refractivity contribution in [1.82, 2.24) is 4.98 Å². The van der Waals surface area contributed by atoms with Gasteiger partial charge in [0.2, 0.25) is 0 Å². The number of hydrogen-bond acceptors (Lipinski definition) is 4. The molecule has 0 atom stereocenters. The highest BCUT2D eigenvalue weighted by Crippen LogP contribution is 2.18. The topological polar surface area (TPSA) is 60.5 Å². The molecule has 0 aliphatic carbocycles. The van der Waals surface area contributed by atoms with E-state index in [9.17, 15) is 4.79 Å². The van der Waals surface area contributed by atoms with Gasteiger partial charge in [0.1, 0.15) is 11.5 Å². The number of halogens is 2. The fraction of sp³-hybridized carbons (Fsp3) is 0.143. The minimum atomic E-state index is -0.310. The lowest BCUT2D eigenvalue weighted by atomic mass is 10.3. The zero-order valence-electron chi connectivity index (χ0n) is 11.2. The van der Waals surface area contributed by atoms with E-state index in [2.05, 4.69) is 10.3 Å². The second-order valence-electron chi connectivity index (χ2n) is 3.85. The Morgan fingerprint density at radius 3 is 2.52 bits per heavy atom. The highest BCUT2D eigenvalue weighted by atomic mass is 35.5. The van der Waals surface area contributed by atoms with Crippen LogP contribution in [0.25, 0.3) is 0 Å². The van der Waals surface area contributed by atoms with Crippen molar-refractivity contribution in [1.29, 1.82) is 0 Å². The summed E-state index contributed by atoms with van der Waals surface area (Å²) in [5.74, 6) is 0.998. The van der Waals surface area contributed by atoms with Gasteiger partial charge in [0.05, 0.1) is 12.8 Å². The van der Waals surface area contributed by atoms with Crippen molar-refractivity contribution in [3.05, 3.63) is 47.7 Å². The minimum Gasteiger partial charge on any atom is -0.497 e. The van der Waals surface area contributed by atoms with Gasteiger partial charge in [-0.2, -0.15) is 0 Å². The number of amides is 1. The quantitative estimate of drug-likeness (QED) is 0.856. The van der Waals surface area contributed by atoms with Crippen LogP contribution < -0.4 is 14.8 Å². The average Bonchev–Trinajstić information content (AvgIpc) is 2.48. The van der Waals surface area contributed by atoms with Gasteiger partial charge in [-0.3, -0.25) is 4.79 Å². The van der Waals surface area contributed by atoms with Crippen LogP contribution in [0.5, 0.6) is 11.5 Å². The zero-order chi connectivity index (χ0) is 14.4. The van der Waals surface area contributed by atoms with E-state index in [1.807, 2.05) is 0 Å². The van der Waals surface area contributed by atoms with Crippen LogP contribution in [0.2, 0.25) is 5.15 Å². The molecule has 0 radical (unpaired) electrons. The molecule has 7 heteroatoms. The second kappa shape index (κ2) is 8.34. The van der Waals surface area contributed by atoms with E-state index in [0.717, 1.165) is 5.75 Å². The van der Waals surface area contributed by atoms with Crippen LogP contribution in [0.4, 0.5) is 5.69 Å². The number of pyridine rings is 1. The Morgan fingerprint density at radius 1 is 1.24 bits per heavy atom. The molecule has 1 aromatic heterocycles. The number of nitrogens with one attached hydrogen (secondary N) is 1. The number of carbonyl (C=O) groups excluding carboxylic acids is 1. The van der Waals surface area contributed by atoms with Crippen molar-refractivity contribution >= 4 is 35.6 Å². The molecule has 1 aromatic carbocycles. The molecule has 0 unspecified atom stereocenters. The number of methoxy groups -OCH3 is 1. The SMILES string of the molecule is COc1ccc(OCC(=O)Nc2cccnc2Cl)cc1.Cl. The maximum atomic E-state index is 11.7. The molecule has 0 spiro atoms. The van der Waals surface area contributed by atoms with Crippen LogP contribution in [-0.2, 0) is 4.79 Å². The third-order valence-corrected chi connectivity index (χ3v) is 2.76. The third kappa shape index (κ3) is 5.13. The average molecular weight is 329 g/mol. The summed E-state index contributed by atoms with van der Waals surface area (Å²) in [6.45, 7) is -0.114. The van der Waals surface area contributed by atoms with Gasteiger partial charge in [0.15, 0.2) is 11.8 Å². The molecule has 1 amide bonds. The normalized spacial score (nSPS) is 9.43. The van der Waals surface area contributed by atoms with Gasteiger partial charge in [-0.1, -0.05) is 11.6 Å². The highest BCUT2D eigenvalue weighted by molar-refractivity contribution is 6.32. The molecule has 2 aromatic rings. The largest absolute Gasteiger partial charge is 0.497 e. The van der Waals surface area contributed by atoms with Gasteiger partial charge < -0.3 is 14.8 Å². The molecular formula is C14H14Cl2N2O3. The first kappa shape index (κ1) is 17.1. The molecule has 21 heavy (non-hydrogen) atoms. The number of hydrogen-bond donors (Lipinski definition) is 1. The summed E-state index contributed by atoms with van der Waals surface area (Å²) in [5, 5.41) is 2.86. The summed E-state index contributed by atoms with van der Waals surface area (Å²) in [5.41, 5.74) is 0.456. The maximum Gasteiger partial charge on any atom is 0.262 e. The summed E-state index contributed by atoms with van der Waals surface area (Å²) in [6.07, 6.45) is 1.55. The van der Waals surface area contributed by atoms with Crippen molar-refractivity contribution in [3.63, 3.8) is 0 Å². The van der Waals surface area contributed by atoms with Gasteiger partial charge in [-0.25, -0.2) is 4.98 Å². The molecule has 5 nitrogen and oxygen atoms in total. The van der Waals surface area contributed by atoms with E-state index in [1.54, 1.807) is 49.7 Å². The summed E-state index contributed by atoms with van der Waals surface area (Å²) in [6, 6.07) is 10.3. The fourth-order valence-electron chi connectivity index (χ4n) is 1.49. The van der Waals surface area contributed by atoms with Gasteiger partial charge in [-0.05, 0) is 36.4 Å². The molecule has 0 saturated heterocycles. The molecule has 0 aliphatic rings. The minimum absolute atomic E-state index is 0. The number of rotatable bonds is 5. The Labute approximate surface area is 133 Å². The van der Waals surface area contributed by atoms with Crippen LogP contribution in [-0.4, -0.2) is 24.6 Å². The molecule has 0 bridgehead atoms. The first-order valence-corrected chi connectivity index (χ1v) is 6.24. The Kier molecular flexibility index (Phi) is 6.78. The monoisotopic (exact) mass is 328 g/mol. The lowest BCUT2D eigenvalue weighted by Crippen LogP contribution is -2.20. The lowest BCUT2D eigenvalue weighted by molar-refractivity contribution is -0.118. The predicted octanol–water partition coefficient (Wildman–Crippen LogP) is 3.18. The van der Waals surface area contributed by atoms with E-state index in [0.29, 0.717) is 11.4 Å². The first-order chi connectivity index (χ1) is 9.69. The molecular weight excluding hydrogens is 315 g/mol. The van der Waals surface area contributed by atoms with Crippen molar-refractivity contribution < 1.29 is 14.3 Å². The first-order valence-electron chi connectivity index (χ1n) is 5.86. The van der Waals surface area contributed by atoms with Gasteiger partial charge >= 0.3 is 0 Å². The van der Waals surface area contributed by atoms with Crippen molar-refractivity contribution in [3.8, 4) is 11.5 Å². The van der Waals surface area contributed by atoms with E-state index >= 15 is 0 Å². The lowest BCUT2D eigenvalue weighted by Gasteiger charge is -2.08. The van der Waals surface area contributed by atoms with Crippen LogP contribution in [0.15, 0.2) is 42.6 Å². The second-order valence-corrected chi connectivity index (χ2v) is 4.21. The van der Waals surface area contributed by atoms with E-state index < -0.39 is 0 Å².